The standard InChI is InChI=1S/C20H24N2O/c1-2-21-19(14-17-11-7-4-8-12-17)20-15-18(22-23-20)13-16-9-5-3-6-10-16/h3-12,19-21H,2,13-15H2,1H3. The van der Waals surface area contributed by atoms with Crippen LogP contribution in [-0.2, 0) is 17.7 Å². The number of benzene rings is 2. The van der Waals surface area contributed by atoms with Crippen LogP contribution in [0, 0.1) is 0 Å². The summed E-state index contributed by atoms with van der Waals surface area (Å²) in [6.07, 6.45) is 2.86. The molecule has 120 valence electrons. The third-order valence-electron chi connectivity index (χ3n) is 4.22. The molecule has 1 N–H and O–H groups in total. The fraction of sp³-hybridized carbons (Fsp3) is 0.350. The third-order valence-corrected chi connectivity index (χ3v) is 4.22. The van der Waals surface area contributed by atoms with Crippen LogP contribution in [-0.4, -0.2) is 24.4 Å². The molecule has 0 saturated heterocycles. The molecule has 0 bridgehead atoms. The average molecular weight is 308 g/mol. The van der Waals surface area contributed by atoms with Gasteiger partial charge in [-0.3, -0.25) is 0 Å². The maximum Gasteiger partial charge on any atom is 0.148 e. The molecule has 3 rings (SSSR count). The third kappa shape index (κ3) is 4.42. The van der Waals surface area contributed by atoms with Crippen molar-refractivity contribution in [3.05, 3.63) is 71.8 Å². The van der Waals surface area contributed by atoms with Crippen LogP contribution in [0.3, 0.4) is 0 Å². The van der Waals surface area contributed by atoms with Crippen LogP contribution in [0.4, 0.5) is 0 Å². The molecule has 0 saturated carbocycles. The van der Waals surface area contributed by atoms with Gasteiger partial charge in [0.25, 0.3) is 0 Å². The zero-order valence-electron chi connectivity index (χ0n) is 13.6. The maximum atomic E-state index is 5.75. The number of hydrogen-bond donors (Lipinski definition) is 1. The van der Waals surface area contributed by atoms with E-state index in [0.717, 1.165) is 31.5 Å². The first-order valence-corrected chi connectivity index (χ1v) is 8.38. The van der Waals surface area contributed by atoms with Crippen molar-refractivity contribution in [2.75, 3.05) is 6.54 Å². The normalized spacial score (nSPS) is 18.3. The Morgan fingerprint density at radius 1 is 1.04 bits per heavy atom. The smallest absolute Gasteiger partial charge is 0.148 e. The summed E-state index contributed by atoms with van der Waals surface area (Å²) in [5.41, 5.74) is 3.76. The van der Waals surface area contributed by atoms with Crippen molar-refractivity contribution >= 4 is 5.71 Å². The molecule has 3 heteroatoms. The second kappa shape index (κ2) is 7.93. The van der Waals surface area contributed by atoms with E-state index >= 15 is 0 Å². The molecule has 1 aliphatic heterocycles. The first-order valence-electron chi connectivity index (χ1n) is 8.38. The minimum absolute atomic E-state index is 0.119. The van der Waals surface area contributed by atoms with Crippen molar-refractivity contribution < 1.29 is 4.84 Å². The molecule has 2 atom stereocenters. The van der Waals surface area contributed by atoms with Crippen molar-refractivity contribution in [3.8, 4) is 0 Å². The number of nitrogens with one attached hydrogen (secondary N) is 1. The second-order valence-electron chi connectivity index (χ2n) is 6.02. The van der Waals surface area contributed by atoms with Crippen molar-refractivity contribution in [1.82, 2.24) is 5.32 Å². The van der Waals surface area contributed by atoms with E-state index < -0.39 is 0 Å². The predicted octanol–water partition coefficient (Wildman–Crippen LogP) is 3.59. The summed E-state index contributed by atoms with van der Waals surface area (Å²) >= 11 is 0. The monoisotopic (exact) mass is 308 g/mol. The number of likely N-dealkylation sites (N-methyl/N-ethyl adjacent to an activating group) is 1. The highest BCUT2D eigenvalue weighted by Crippen LogP contribution is 2.19. The van der Waals surface area contributed by atoms with Crippen LogP contribution in [0.1, 0.15) is 24.5 Å². The summed E-state index contributed by atoms with van der Waals surface area (Å²) in [5, 5.41) is 7.89. The summed E-state index contributed by atoms with van der Waals surface area (Å²) in [4.78, 5) is 5.75. The quantitative estimate of drug-likeness (QED) is 0.848. The van der Waals surface area contributed by atoms with Crippen molar-refractivity contribution in [1.29, 1.82) is 0 Å². The van der Waals surface area contributed by atoms with Crippen LogP contribution < -0.4 is 5.32 Å². The van der Waals surface area contributed by atoms with Gasteiger partial charge in [-0.2, -0.15) is 0 Å². The highest BCUT2D eigenvalue weighted by Gasteiger charge is 2.29. The summed E-state index contributed by atoms with van der Waals surface area (Å²) in [7, 11) is 0. The second-order valence-corrected chi connectivity index (χ2v) is 6.02. The molecule has 0 aliphatic carbocycles. The van der Waals surface area contributed by atoms with Gasteiger partial charge in [-0.25, -0.2) is 0 Å². The minimum Gasteiger partial charge on any atom is -0.390 e. The molecular weight excluding hydrogens is 284 g/mol. The van der Waals surface area contributed by atoms with Gasteiger partial charge in [0, 0.05) is 12.8 Å². The van der Waals surface area contributed by atoms with Gasteiger partial charge < -0.3 is 10.2 Å². The minimum atomic E-state index is 0.119. The lowest BCUT2D eigenvalue weighted by atomic mass is 9.96. The van der Waals surface area contributed by atoms with Gasteiger partial charge in [0.15, 0.2) is 0 Å². The Hall–Kier alpha value is -2.13. The van der Waals surface area contributed by atoms with E-state index in [2.05, 4.69) is 72.0 Å². The van der Waals surface area contributed by atoms with Crippen LogP contribution in [0.2, 0.25) is 0 Å². The van der Waals surface area contributed by atoms with Crippen molar-refractivity contribution in [2.45, 2.75) is 38.3 Å². The molecule has 0 amide bonds. The molecule has 1 aliphatic rings. The molecule has 0 spiro atoms. The lowest BCUT2D eigenvalue weighted by molar-refractivity contribution is 0.0557. The van der Waals surface area contributed by atoms with E-state index in [0.29, 0.717) is 6.04 Å². The zero-order valence-corrected chi connectivity index (χ0v) is 13.6. The average Bonchev–Trinajstić information content (AvgIpc) is 3.05. The van der Waals surface area contributed by atoms with Gasteiger partial charge >= 0.3 is 0 Å². The molecule has 0 aromatic heterocycles. The molecule has 0 radical (unpaired) electrons. The Bertz CT molecular complexity index is 625. The Kier molecular flexibility index (Phi) is 5.43. The van der Waals surface area contributed by atoms with E-state index in [1.165, 1.54) is 11.1 Å². The Labute approximate surface area is 138 Å². The fourth-order valence-electron chi connectivity index (χ4n) is 3.07. The van der Waals surface area contributed by atoms with Gasteiger partial charge in [-0.15, -0.1) is 0 Å². The molecular formula is C20H24N2O. The summed E-state index contributed by atoms with van der Waals surface area (Å²) in [6.45, 7) is 3.07. The zero-order chi connectivity index (χ0) is 15.9. The van der Waals surface area contributed by atoms with Crippen molar-refractivity contribution in [2.24, 2.45) is 5.16 Å². The molecule has 1 heterocycles. The molecule has 2 unspecified atom stereocenters. The lowest BCUT2D eigenvalue weighted by Crippen LogP contribution is -2.41. The fourth-order valence-corrected chi connectivity index (χ4v) is 3.07. The number of oxime groups is 1. The van der Waals surface area contributed by atoms with Gasteiger partial charge in [-0.1, -0.05) is 72.7 Å². The first-order chi connectivity index (χ1) is 11.3. The maximum absolute atomic E-state index is 5.75. The number of rotatable bonds is 7. The van der Waals surface area contributed by atoms with Gasteiger partial charge in [0.2, 0.25) is 0 Å². The van der Waals surface area contributed by atoms with Crippen LogP contribution in [0.5, 0.6) is 0 Å². The molecule has 2 aromatic carbocycles. The summed E-state index contributed by atoms with van der Waals surface area (Å²) in [5.74, 6) is 0. The Morgan fingerprint density at radius 2 is 1.70 bits per heavy atom. The highest BCUT2D eigenvalue weighted by molar-refractivity contribution is 5.87. The van der Waals surface area contributed by atoms with E-state index in [4.69, 9.17) is 4.84 Å². The Morgan fingerprint density at radius 3 is 2.35 bits per heavy atom. The Balaban J connectivity index is 1.59. The molecule has 23 heavy (non-hydrogen) atoms. The molecule has 3 nitrogen and oxygen atoms in total. The van der Waals surface area contributed by atoms with Crippen LogP contribution >= 0.6 is 0 Å². The van der Waals surface area contributed by atoms with Gasteiger partial charge in [0.1, 0.15) is 6.10 Å². The van der Waals surface area contributed by atoms with Gasteiger partial charge in [-0.05, 0) is 24.1 Å². The number of nitrogens with zero attached hydrogens (tertiary/aromatic N) is 1. The van der Waals surface area contributed by atoms with E-state index in [1.54, 1.807) is 0 Å². The summed E-state index contributed by atoms with van der Waals surface area (Å²) in [6, 6.07) is 21.3. The predicted molar refractivity (Wildman–Crippen MR) is 94.7 cm³/mol. The number of hydrogen-bond acceptors (Lipinski definition) is 3. The summed E-state index contributed by atoms with van der Waals surface area (Å²) < 4.78 is 0. The highest BCUT2D eigenvalue weighted by atomic mass is 16.6. The van der Waals surface area contributed by atoms with E-state index in [1.807, 2.05) is 6.07 Å². The SMILES string of the molecule is CCNC(Cc1ccccc1)C1CC(Cc2ccccc2)=NO1. The van der Waals surface area contributed by atoms with Crippen molar-refractivity contribution in [3.63, 3.8) is 0 Å². The first kappa shape index (κ1) is 15.8. The van der Waals surface area contributed by atoms with E-state index in [-0.39, 0.29) is 6.10 Å². The lowest BCUT2D eigenvalue weighted by Gasteiger charge is -2.22. The topological polar surface area (TPSA) is 33.6 Å². The van der Waals surface area contributed by atoms with E-state index in [9.17, 15) is 0 Å². The van der Waals surface area contributed by atoms with Crippen LogP contribution in [0.15, 0.2) is 65.8 Å². The molecule has 2 aromatic rings. The van der Waals surface area contributed by atoms with Gasteiger partial charge in [0.05, 0.1) is 11.8 Å². The largest absolute Gasteiger partial charge is 0.390 e. The molecule has 0 fully saturated rings. The van der Waals surface area contributed by atoms with Crippen LogP contribution in [0.25, 0.3) is 0 Å².